The van der Waals surface area contributed by atoms with Gasteiger partial charge in [0.1, 0.15) is 0 Å². The smallest absolute Gasteiger partial charge is 0.478 e. The number of rotatable bonds is 5. The zero-order chi connectivity index (χ0) is 11.3. The fraction of sp³-hybridized carbons (Fsp3) is 0.273. The standard InChI is InChI=1S/C11H13BN2O.W/c1-3-11(15)9-6-8(7-13-2)4-5-10(9)14-12;/h4-5,13-14H,1,3,7H2,2H3;/q-2;+2. The van der Waals surface area contributed by atoms with E-state index >= 15 is 0 Å². The van der Waals surface area contributed by atoms with Crippen molar-refractivity contribution >= 4 is 19.5 Å². The zero-order valence-electron chi connectivity index (χ0n) is 9.17. The second-order valence-corrected chi connectivity index (χ2v) is 3.12. The van der Waals surface area contributed by atoms with Crippen LogP contribution in [0.15, 0.2) is 12.1 Å². The first-order valence-electron chi connectivity index (χ1n) is 4.71. The van der Waals surface area contributed by atoms with Gasteiger partial charge in [-0.1, -0.05) is 11.3 Å². The van der Waals surface area contributed by atoms with Crippen molar-refractivity contribution in [2.45, 2.75) is 13.0 Å². The van der Waals surface area contributed by atoms with Gasteiger partial charge < -0.3 is 22.3 Å². The van der Waals surface area contributed by atoms with Crippen LogP contribution in [0.1, 0.15) is 22.3 Å². The van der Waals surface area contributed by atoms with Crippen molar-refractivity contribution in [2.24, 2.45) is 0 Å². The molecule has 3 nitrogen and oxygen atoms in total. The Kier molecular flexibility index (Phi) is 7.36. The van der Waals surface area contributed by atoms with Crippen molar-refractivity contribution in [1.82, 2.24) is 5.32 Å². The van der Waals surface area contributed by atoms with Crippen molar-refractivity contribution in [3.8, 4) is 0 Å². The molecule has 0 heterocycles. The van der Waals surface area contributed by atoms with Crippen molar-refractivity contribution < 1.29 is 25.9 Å². The molecular formula is C11H13BN2OW. The maximum absolute atomic E-state index is 11.5. The van der Waals surface area contributed by atoms with Gasteiger partial charge in [0.2, 0.25) is 7.98 Å². The van der Waals surface area contributed by atoms with E-state index in [4.69, 9.17) is 7.98 Å². The van der Waals surface area contributed by atoms with Crippen molar-refractivity contribution in [3.05, 3.63) is 36.2 Å². The van der Waals surface area contributed by atoms with Crippen LogP contribution in [0.2, 0.25) is 0 Å². The molecule has 1 rings (SSSR count). The minimum absolute atomic E-state index is 0. The minimum atomic E-state index is -0.0686. The third-order valence-corrected chi connectivity index (χ3v) is 2.03. The zero-order valence-corrected chi connectivity index (χ0v) is 12.1. The van der Waals surface area contributed by atoms with E-state index in [1.165, 1.54) is 0 Å². The monoisotopic (exact) mass is 384 g/mol. The van der Waals surface area contributed by atoms with Crippen LogP contribution in [0.3, 0.4) is 0 Å². The Morgan fingerprint density at radius 3 is 2.75 bits per heavy atom. The van der Waals surface area contributed by atoms with Crippen LogP contribution < -0.4 is 10.5 Å². The average molecular weight is 384 g/mol. The Hall–Kier alpha value is -0.597. The third kappa shape index (κ3) is 3.76. The van der Waals surface area contributed by atoms with E-state index in [9.17, 15) is 4.79 Å². The SMILES string of the molecule is [B]Nc1ccc(CNC)[c-]c1C(=O)C[CH2-].[W+2]. The Labute approximate surface area is 112 Å². The number of anilines is 1. The average Bonchev–Trinajstić information content (AvgIpc) is 2.28. The van der Waals surface area contributed by atoms with E-state index in [0.29, 0.717) is 17.8 Å². The molecule has 0 bridgehead atoms. The number of Topliss-reactive ketones (excluding diaryl/α,β-unsaturated/α-hetero) is 1. The van der Waals surface area contributed by atoms with Crippen LogP contribution in [-0.2, 0) is 27.6 Å². The van der Waals surface area contributed by atoms with E-state index in [-0.39, 0.29) is 33.3 Å². The molecule has 0 aliphatic heterocycles. The molecule has 82 valence electrons. The molecular weight excluding hydrogens is 371 g/mol. The fourth-order valence-corrected chi connectivity index (χ4v) is 1.30. The molecule has 0 aliphatic carbocycles. The number of hydrogen-bond donors (Lipinski definition) is 2. The second-order valence-electron chi connectivity index (χ2n) is 3.12. The Bertz CT molecular complexity index is 358. The van der Waals surface area contributed by atoms with E-state index in [0.717, 1.165) is 5.56 Å². The molecule has 0 amide bonds. The molecule has 0 fully saturated rings. The summed E-state index contributed by atoms with van der Waals surface area (Å²) < 4.78 is 0. The maximum atomic E-state index is 11.5. The van der Waals surface area contributed by atoms with E-state index < -0.39 is 0 Å². The van der Waals surface area contributed by atoms with Gasteiger partial charge in [-0.15, -0.1) is 23.8 Å². The van der Waals surface area contributed by atoms with Gasteiger partial charge >= 0.3 is 21.1 Å². The molecule has 0 aliphatic rings. The summed E-state index contributed by atoms with van der Waals surface area (Å²) in [5, 5.41) is 5.48. The molecule has 0 atom stereocenters. The molecule has 16 heavy (non-hydrogen) atoms. The molecule has 1 aromatic rings. The molecule has 0 spiro atoms. The largest absolute Gasteiger partial charge is 2.00 e. The topological polar surface area (TPSA) is 41.1 Å². The quantitative estimate of drug-likeness (QED) is 0.454. The number of carbonyl (C=O) groups excluding carboxylic acids is 1. The third-order valence-electron chi connectivity index (χ3n) is 2.03. The van der Waals surface area contributed by atoms with Gasteiger partial charge in [-0.2, -0.15) is 6.42 Å². The molecule has 2 radical (unpaired) electrons. The van der Waals surface area contributed by atoms with Crippen LogP contribution in [0.4, 0.5) is 5.69 Å². The van der Waals surface area contributed by atoms with Gasteiger partial charge in [0.05, 0.1) is 5.78 Å². The first-order valence-corrected chi connectivity index (χ1v) is 4.71. The van der Waals surface area contributed by atoms with Crippen LogP contribution in [0, 0.1) is 13.0 Å². The minimum Gasteiger partial charge on any atom is -0.478 e. The van der Waals surface area contributed by atoms with Crippen LogP contribution in [0.5, 0.6) is 0 Å². The first-order chi connectivity index (χ1) is 7.22. The molecule has 0 aromatic heterocycles. The normalized spacial score (nSPS) is 9.38. The summed E-state index contributed by atoms with van der Waals surface area (Å²) in [4.78, 5) is 11.5. The van der Waals surface area contributed by atoms with Gasteiger partial charge in [-0.05, 0) is 7.05 Å². The predicted octanol–water partition coefficient (Wildman–Crippen LogP) is 1.11. The van der Waals surface area contributed by atoms with Crippen molar-refractivity contribution in [3.63, 3.8) is 0 Å². The van der Waals surface area contributed by atoms with Gasteiger partial charge in [-0.3, -0.25) is 0 Å². The molecule has 2 N–H and O–H groups in total. The van der Waals surface area contributed by atoms with Crippen molar-refractivity contribution in [1.29, 1.82) is 0 Å². The first kappa shape index (κ1) is 15.4. The van der Waals surface area contributed by atoms with Gasteiger partial charge in [0, 0.05) is 6.54 Å². The number of nitrogens with one attached hydrogen (secondary N) is 2. The summed E-state index contributed by atoms with van der Waals surface area (Å²) in [5.41, 5.74) is 1.98. The second kappa shape index (κ2) is 7.64. The molecule has 5 heteroatoms. The summed E-state index contributed by atoms with van der Waals surface area (Å²) >= 11 is 0. The summed E-state index contributed by atoms with van der Waals surface area (Å²) in [6.07, 6.45) is 0.203. The van der Waals surface area contributed by atoms with Gasteiger partial charge in [0.25, 0.3) is 0 Å². The number of benzene rings is 1. The molecule has 1 aromatic carbocycles. The van der Waals surface area contributed by atoms with E-state index in [1.54, 1.807) is 6.07 Å². The van der Waals surface area contributed by atoms with Gasteiger partial charge in [0.15, 0.2) is 0 Å². The van der Waals surface area contributed by atoms with Crippen molar-refractivity contribution in [2.75, 3.05) is 12.3 Å². The van der Waals surface area contributed by atoms with Crippen LogP contribution >= 0.6 is 0 Å². The van der Waals surface area contributed by atoms with Crippen LogP contribution in [-0.4, -0.2) is 20.8 Å². The number of carbonyl (C=O) groups is 1. The van der Waals surface area contributed by atoms with E-state index in [2.05, 4.69) is 23.5 Å². The number of ketones is 1. The molecule has 0 unspecified atom stereocenters. The fourth-order valence-electron chi connectivity index (χ4n) is 1.30. The molecule has 0 saturated carbocycles. The van der Waals surface area contributed by atoms with E-state index in [1.807, 2.05) is 13.1 Å². The Morgan fingerprint density at radius 2 is 2.25 bits per heavy atom. The van der Waals surface area contributed by atoms with Gasteiger partial charge in [-0.25, -0.2) is 0 Å². The maximum Gasteiger partial charge on any atom is 2.00 e. The summed E-state index contributed by atoms with van der Waals surface area (Å²) in [6.45, 7) is 4.23. The summed E-state index contributed by atoms with van der Waals surface area (Å²) in [6, 6.07) is 6.66. The molecule has 0 saturated heterocycles. The number of hydrogen-bond acceptors (Lipinski definition) is 3. The summed E-state index contributed by atoms with van der Waals surface area (Å²) in [7, 11) is 7.15. The predicted molar refractivity (Wildman–Crippen MR) is 61.7 cm³/mol. The summed E-state index contributed by atoms with van der Waals surface area (Å²) in [5.74, 6) is -0.0686. The Morgan fingerprint density at radius 1 is 1.56 bits per heavy atom. The van der Waals surface area contributed by atoms with Crippen LogP contribution in [0.25, 0.3) is 0 Å². The Balaban J connectivity index is 0.00000225.